The number of hydrogen-bond acceptors (Lipinski definition) is 10. The van der Waals surface area contributed by atoms with Gasteiger partial charge >= 0.3 is 0 Å². The number of ether oxygens (including phenoxy) is 1. The van der Waals surface area contributed by atoms with Crippen LogP contribution in [0.1, 0.15) is 11.3 Å². The Morgan fingerprint density at radius 1 is 1.00 bits per heavy atom. The van der Waals surface area contributed by atoms with Crippen molar-refractivity contribution in [3.63, 3.8) is 0 Å². The summed E-state index contributed by atoms with van der Waals surface area (Å²) in [6, 6.07) is 9.87. The van der Waals surface area contributed by atoms with Gasteiger partial charge in [-0.15, -0.1) is 0 Å². The lowest BCUT2D eigenvalue weighted by atomic mass is 10.1. The van der Waals surface area contributed by atoms with Gasteiger partial charge in [-0.2, -0.15) is 10.1 Å². The van der Waals surface area contributed by atoms with Gasteiger partial charge in [0.2, 0.25) is 5.95 Å². The van der Waals surface area contributed by atoms with Crippen molar-refractivity contribution < 1.29 is 9.13 Å². The Morgan fingerprint density at radius 3 is 2.67 bits per heavy atom. The third kappa shape index (κ3) is 5.76. The number of morpholine rings is 1. The number of aryl methyl sites for hydroxylation is 1. The van der Waals surface area contributed by atoms with Gasteiger partial charge in [-0.1, -0.05) is 0 Å². The number of aromatic nitrogens is 5. The van der Waals surface area contributed by atoms with Gasteiger partial charge in [0.05, 0.1) is 55.1 Å². The van der Waals surface area contributed by atoms with Gasteiger partial charge in [-0.05, 0) is 42.8 Å². The molecule has 0 radical (unpaired) electrons. The summed E-state index contributed by atoms with van der Waals surface area (Å²) >= 11 is 0. The minimum absolute atomic E-state index is 0.200. The van der Waals surface area contributed by atoms with Crippen LogP contribution in [0.5, 0.6) is 0 Å². The Bertz CT molecular complexity index is 1340. The van der Waals surface area contributed by atoms with Gasteiger partial charge < -0.3 is 15.0 Å². The van der Waals surface area contributed by atoms with Crippen LogP contribution in [0.4, 0.5) is 27.5 Å². The Labute approximate surface area is 207 Å². The predicted molar refractivity (Wildman–Crippen MR) is 136 cm³/mol. The lowest BCUT2D eigenvalue weighted by molar-refractivity contribution is 0.122. The van der Waals surface area contributed by atoms with Crippen molar-refractivity contribution in [1.29, 1.82) is 0 Å². The maximum atomic E-state index is 14.2. The Balaban J connectivity index is 1.22. The third-order valence-electron chi connectivity index (χ3n) is 5.41. The molecule has 0 atom stereocenters. The Morgan fingerprint density at radius 2 is 1.89 bits per heavy atom. The summed E-state index contributed by atoms with van der Waals surface area (Å²) in [6.45, 7) is 4.25. The molecule has 1 saturated heterocycles. The molecular weight excluding hydrogens is 461 g/mol. The maximum Gasteiger partial charge on any atom is 0.245 e. The second kappa shape index (κ2) is 10.8. The largest absolute Gasteiger partial charge is 0.378 e. The van der Waals surface area contributed by atoms with E-state index in [4.69, 9.17) is 4.74 Å². The summed E-state index contributed by atoms with van der Waals surface area (Å²) in [5.74, 6) is -0.0439. The molecule has 11 heteroatoms. The smallest absolute Gasteiger partial charge is 0.245 e. The lowest BCUT2D eigenvalue weighted by Gasteiger charge is -2.27. The van der Waals surface area contributed by atoms with E-state index in [1.54, 1.807) is 31.0 Å². The number of rotatable bonds is 7. The standard InChI is InChI=1S/C25H24FN9O/c1-17-10-18(23-16-27-4-5-28-23)12-21(11-17)32-20-3-2-19(29-13-20)14-31-34-25-30-15-22(26)24(33-25)35-6-8-36-9-7-35/h2-5,10-16,32H,6-9H2,1H3,(H,30,33,34)/b31-14+. The number of halogens is 1. The zero-order valence-electron chi connectivity index (χ0n) is 19.6. The van der Waals surface area contributed by atoms with E-state index in [0.717, 1.165) is 34.4 Å². The number of benzene rings is 1. The van der Waals surface area contributed by atoms with Gasteiger partial charge in [0.1, 0.15) is 0 Å². The normalized spacial score (nSPS) is 13.7. The lowest BCUT2D eigenvalue weighted by Crippen LogP contribution is -2.37. The first-order valence-electron chi connectivity index (χ1n) is 11.4. The number of nitrogens with one attached hydrogen (secondary N) is 2. The van der Waals surface area contributed by atoms with Crippen molar-refractivity contribution in [2.75, 3.05) is 41.9 Å². The highest BCUT2D eigenvalue weighted by molar-refractivity contribution is 5.78. The monoisotopic (exact) mass is 485 g/mol. The molecule has 36 heavy (non-hydrogen) atoms. The van der Waals surface area contributed by atoms with Crippen LogP contribution in [0.15, 0.2) is 66.4 Å². The molecule has 0 aliphatic carbocycles. The number of hydrazone groups is 1. The minimum Gasteiger partial charge on any atom is -0.378 e. The molecule has 4 heterocycles. The molecule has 1 fully saturated rings. The van der Waals surface area contributed by atoms with Crippen LogP contribution in [0.2, 0.25) is 0 Å². The highest BCUT2D eigenvalue weighted by Crippen LogP contribution is 2.25. The van der Waals surface area contributed by atoms with Crippen molar-refractivity contribution >= 4 is 29.4 Å². The molecule has 1 aliphatic heterocycles. The molecule has 5 rings (SSSR count). The van der Waals surface area contributed by atoms with Crippen LogP contribution in [0.3, 0.4) is 0 Å². The van der Waals surface area contributed by atoms with Gasteiger partial charge in [0, 0.05) is 36.7 Å². The highest BCUT2D eigenvalue weighted by Gasteiger charge is 2.17. The summed E-state index contributed by atoms with van der Waals surface area (Å²) in [4.78, 5) is 23.0. The third-order valence-corrected chi connectivity index (χ3v) is 5.41. The first-order chi connectivity index (χ1) is 17.6. The van der Waals surface area contributed by atoms with E-state index in [9.17, 15) is 4.39 Å². The molecule has 0 saturated carbocycles. The second-order valence-corrected chi connectivity index (χ2v) is 8.11. The Hall–Kier alpha value is -4.51. The van der Waals surface area contributed by atoms with E-state index < -0.39 is 5.82 Å². The van der Waals surface area contributed by atoms with Crippen LogP contribution in [0, 0.1) is 12.7 Å². The van der Waals surface area contributed by atoms with Gasteiger partial charge in [-0.3, -0.25) is 15.0 Å². The Kier molecular flexibility index (Phi) is 6.99. The molecule has 3 aromatic heterocycles. The fourth-order valence-corrected chi connectivity index (χ4v) is 3.74. The van der Waals surface area contributed by atoms with Crippen LogP contribution < -0.4 is 15.6 Å². The van der Waals surface area contributed by atoms with Gasteiger partial charge in [0.25, 0.3) is 0 Å². The number of nitrogens with zero attached hydrogens (tertiary/aromatic N) is 7. The highest BCUT2D eigenvalue weighted by atomic mass is 19.1. The topological polar surface area (TPSA) is 113 Å². The van der Waals surface area contributed by atoms with E-state index in [0.29, 0.717) is 32.0 Å². The van der Waals surface area contributed by atoms with Crippen LogP contribution >= 0.6 is 0 Å². The molecule has 1 aromatic carbocycles. The summed E-state index contributed by atoms with van der Waals surface area (Å²) in [6.07, 6.45) is 9.47. The van der Waals surface area contributed by atoms with E-state index in [-0.39, 0.29) is 11.8 Å². The fraction of sp³-hybridized carbons (Fsp3) is 0.200. The number of pyridine rings is 1. The van der Waals surface area contributed by atoms with E-state index in [1.165, 1.54) is 0 Å². The van der Waals surface area contributed by atoms with Crippen molar-refractivity contribution in [1.82, 2.24) is 24.9 Å². The molecule has 2 N–H and O–H groups in total. The van der Waals surface area contributed by atoms with E-state index in [2.05, 4.69) is 46.8 Å². The molecule has 0 spiro atoms. The van der Waals surface area contributed by atoms with E-state index in [1.807, 2.05) is 36.1 Å². The van der Waals surface area contributed by atoms with Gasteiger partial charge in [-0.25, -0.2) is 14.8 Å². The molecular formula is C25H24FN9O. The molecule has 0 amide bonds. The molecule has 4 aromatic rings. The number of anilines is 4. The van der Waals surface area contributed by atoms with Gasteiger partial charge in [0.15, 0.2) is 11.6 Å². The van der Waals surface area contributed by atoms with Crippen molar-refractivity contribution in [2.45, 2.75) is 6.92 Å². The summed E-state index contributed by atoms with van der Waals surface area (Å²) in [5, 5.41) is 7.50. The fourth-order valence-electron chi connectivity index (χ4n) is 3.74. The van der Waals surface area contributed by atoms with Crippen LogP contribution in [-0.4, -0.2) is 57.4 Å². The molecule has 0 bridgehead atoms. The summed E-state index contributed by atoms with van der Waals surface area (Å²) in [5.41, 5.74) is 8.01. The number of hydrogen-bond donors (Lipinski definition) is 2. The first-order valence-corrected chi connectivity index (χ1v) is 11.4. The molecule has 182 valence electrons. The van der Waals surface area contributed by atoms with Crippen molar-refractivity contribution in [3.05, 3.63) is 78.4 Å². The summed E-state index contributed by atoms with van der Waals surface area (Å²) in [7, 11) is 0. The zero-order valence-corrected chi connectivity index (χ0v) is 19.6. The quantitative estimate of drug-likeness (QED) is 0.298. The van der Waals surface area contributed by atoms with Crippen molar-refractivity contribution in [2.24, 2.45) is 5.10 Å². The zero-order chi connectivity index (χ0) is 24.7. The maximum absolute atomic E-state index is 14.2. The predicted octanol–water partition coefficient (Wildman–Crippen LogP) is 3.80. The first kappa shape index (κ1) is 23.2. The molecule has 0 unspecified atom stereocenters. The van der Waals surface area contributed by atoms with E-state index >= 15 is 0 Å². The SMILES string of the molecule is Cc1cc(Nc2ccc(/C=N/Nc3ncc(F)c(N4CCOCC4)n3)nc2)cc(-c2cnccn2)c1. The second-order valence-electron chi connectivity index (χ2n) is 8.11. The average molecular weight is 486 g/mol. The molecule has 1 aliphatic rings. The minimum atomic E-state index is -0.478. The van der Waals surface area contributed by atoms with Crippen LogP contribution in [-0.2, 0) is 4.74 Å². The average Bonchev–Trinajstić information content (AvgIpc) is 2.91. The van der Waals surface area contributed by atoms with Crippen LogP contribution in [0.25, 0.3) is 11.3 Å². The molecule has 10 nitrogen and oxygen atoms in total. The summed E-state index contributed by atoms with van der Waals surface area (Å²) < 4.78 is 19.5. The van der Waals surface area contributed by atoms with Crippen molar-refractivity contribution in [3.8, 4) is 11.3 Å².